The number of nitrogens with zero attached hydrogens (tertiary/aromatic N) is 3. The van der Waals surface area contributed by atoms with Crippen molar-refractivity contribution >= 4 is 0 Å². The molecule has 2 heterocycles. The number of allylic oxidation sites excluding steroid dienone is 3. The van der Waals surface area contributed by atoms with Crippen LogP contribution < -0.4 is 4.74 Å². The summed E-state index contributed by atoms with van der Waals surface area (Å²) >= 11 is 0. The number of piperidine rings is 1. The molecule has 1 atom stereocenters. The summed E-state index contributed by atoms with van der Waals surface area (Å²) in [5.41, 5.74) is 0.874. The number of aromatic nitrogens is 2. The molecule has 2 aliphatic rings. The molecule has 1 aromatic heterocycles. The zero-order chi connectivity index (χ0) is 17.6. The molecule has 0 N–H and O–H groups in total. The van der Waals surface area contributed by atoms with Gasteiger partial charge in [-0.05, 0) is 51.3 Å². The van der Waals surface area contributed by atoms with Gasteiger partial charge in [0.1, 0.15) is 17.3 Å². The van der Waals surface area contributed by atoms with Gasteiger partial charge in [0.25, 0.3) is 0 Å². The molecule has 1 saturated heterocycles. The summed E-state index contributed by atoms with van der Waals surface area (Å²) in [4.78, 5) is 11.1. The molecule has 5 nitrogen and oxygen atoms in total. The minimum atomic E-state index is -0.122. The average molecular weight is 347 g/mol. The van der Waals surface area contributed by atoms with E-state index in [9.17, 15) is 4.39 Å². The molecule has 0 bridgehead atoms. The molecule has 1 unspecified atom stereocenters. The lowest BCUT2D eigenvalue weighted by molar-refractivity contribution is 0.0872. The summed E-state index contributed by atoms with van der Waals surface area (Å²) in [5.74, 6) is 1.35. The zero-order valence-corrected chi connectivity index (χ0v) is 14.9. The average Bonchev–Trinajstić information content (AvgIpc) is 2.67. The lowest BCUT2D eigenvalue weighted by atomic mass is 9.96. The summed E-state index contributed by atoms with van der Waals surface area (Å²) in [6, 6.07) is 0.159. The third-order valence-corrected chi connectivity index (χ3v) is 5.02. The van der Waals surface area contributed by atoms with Crippen molar-refractivity contribution in [3.8, 4) is 5.88 Å². The van der Waals surface area contributed by atoms with Crippen LogP contribution in [-0.2, 0) is 4.74 Å². The van der Waals surface area contributed by atoms with E-state index in [0.29, 0.717) is 30.6 Å². The van der Waals surface area contributed by atoms with Gasteiger partial charge in [-0.3, -0.25) is 9.88 Å². The monoisotopic (exact) mass is 347 g/mol. The van der Waals surface area contributed by atoms with Gasteiger partial charge in [-0.15, -0.1) is 0 Å². The number of halogens is 1. The Bertz CT molecular complexity index is 639. The van der Waals surface area contributed by atoms with Crippen LogP contribution in [-0.4, -0.2) is 41.7 Å². The van der Waals surface area contributed by atoms with Crippen molar-refractivity contribution in [1.29, 1.82) is 0 Å². The highest BCUT2D eigenvalue weighted by molar-refractivity contribution is 5.21. The quantitative estimate of drug-likeness (QED) is 0.783. The van der Waals surface area contributed by atoms with Gasteiger partial charge < -0.3 is 9.47 Å². The molecule has 3 rings (SSSR count). The van der Waals surface area contributed by atoms with Gasteiger partial charge >= 0.3 is 0 Å². The molecule has 0 amide bonds. The predicted molar refractivity (Wildman–Crippen MR) is 93.8 cm³/mol. The topological polar surface area (TPSA) is 47.5 Å². The number of rotatable bonds is 6. The van der Waals surface area contributed by atoms with E-state index in [0.717, 1.165) is 38.0 Å². The number of likely N-dealkylation sites (tertiary alicyclic amines) is 1. The van der Waals surface area contributed by atoms with Crippen LogP contribution in [0.5, 0.6) is 5.88 Å². The van der Waals surface area contributed by atoms with Gasteiger partial charge in [-0.1, -0.05) is 6.08 Å². The second-order valence-corrected chi connectivity index (χ2v) is 6.63. The highest BCUT2D eigenvalue weighted by atomic mass is 19.1. The van der Waals surface area contributed by atoms with Gasteiger partial charge in [0.15, 0.2) is 0 Å². The fourth-order valence-corrected chi connectivity index (χ4v) is 3.41. The highest BCUT2D eigenvalue weighted by Crippen LogP contribution is 2.30. The smallest absolute Gasteiger partial charge is 0.236 e. The van der Waals surface area contributed by atoms with E-state index < -0.39 is 0 Å². The number of hydrogen-bond donors (Lipinski definition) is 0. The van der Waals surface area contributed by atoms with Crippen molar-refractivity contribution in [3.63, 3.8) is 0 Å². The Morgan fingerprint density at radius 2 is 2.04 bits per heavy atom. The molecule has 25 heavy (non-hydrogen) atoms. The fraction of sp³-hybridized carbons (Fsp3) is 0.579. The highest BCUT2D eigenvalue weighted by Gasteiger charge is 2.27. The lowest BCUT2D eigenvalue weighted by Crippen LogP contribution is -2.37. The van der Waals surface area contributed by atoms with E-state index in [1.165, 1.54) is 0 Å². The van der Waals surface area contributed by atoms with Crippen molar-refractivity contribution < 1.29 is 13.9 Å². The first-order chi connectivity index (χ1) is 12.2. The van der Waals surface area contributed by atoms with Crippen LogP contribution in [0, 0.1) is 5.92 Å². The van der Waals surface area contributed by atoms with Crippen LogP contribution in [0.15, 0.2) is 36.1 Å². The van der Waals surface area contributed by atoms with Crippen LogP contribution in [0.25, 0.3) is 0 Å². The standard InChI is InChI=1S/C19H26FN3O2/c1-14(18-19(24-2)22-10-9-21-18)23-11-7-15(8-12-23)13-25-17-6-4-3-5-16(17)20/h4,6,9-10,14-15H,3,5,7-8,11-13H2,1-2H3. The third kappa shape index (κ3) is 4.37. The Labute approximate surface area is 148 Å². The molecule has 1 aliphatic carbocycles. The normalized spacial score (nSPS) is 20.6. The summed E-state index contributed by atoms with van der Waals surface area (Å²) in [7, 11) is 1.62. The number of methoxy groups -OCH3 is 1. The maximum absolute atomic E-state index is 13.7. The molecule has 0 radical (unpaired) electrons. The molecule has 0 aromatic carbocycles. The van der Waals surface area contributed by atoms with Gasteiger partial charge in [-0.25, -0.2) is 9.37 Å². The molecule has 136 valence electrons. The second-order valence-electron chi connectivity index (χ2n) is 6.63. The minimum Gasteiger partial charge on any atom is -0.491 e. The Balaban J connectivity index is 1.51. The van der Waals surface area contributed by atoms with Crippen molar-refractivity contribution in [2.24, 2.45) is 5.92 Å². The summed E-state index contributed by atoms with van der Waals surface area (Å²) in [6.45, 7) is 4.65. The lowest BCUT2D eigenvalue weighted by Gasteiger charge is -2.35. The van der Waals surface area contributed by atoms with E-state index in [4.69, 9.17) is 9.47 Å². The van der Waals surface area contributed by atoms with Crippen molar-refractivity contribution in [3.05, 3.63) is 41.8 Å². The van der Waals surface area contributed by atoms with Crippen LogP contribution in [0.2, 0.25) is 0 Å². The van der Waals surface area contributed by atoms with Crippen molar-refractivity contribution in [2.75, 3.05) is 26.8 Å². The Hall–Kier alpha value is -1.95. The van der Waals surface area contributed by atoms with E-state index >= 15 is 0 Å². The van der Waals surface area contributed by atoms with Crippen LogP contribution in [0.3, 0.4) is 0 Å². The van der Waals surface area contributed by atoms with Gasteiger partial charge in [0.2, 0.25) is 5.88 Å². The molecule has 1 fully saturated rings. The third-order valence-electron chi connectivity index (χ3n) is 5.02. The van der Waals surface area contributed by atoms with E-state index in [2.05, 4.69) is 21.8 Å². The Morgan fingerprint density at radius 1 is 1.28 bits per heavy atom. The second kappa shape index (κ2) is 8.43. The summed E-state index contributed by atoms with van der Waals surface area (Å²) < 4.78 is 24.7. The SMILES string of the molecule is COc1nccnc1C(C)N1CCC(COC2=C(F)CCC=C2)CC1. The molecule has 0 spiro atoms. The Morgan fingerprint density at radius 3 is 2.76 bits per heavy atom. The van der Waals surface area contributed by atoms with Crippen molar-refractivity contribution in [2.45, 2.75) is 38.6 Å². The molecule has 1 aromatic rings. The van der Waals surface area contributed by atoms with E-state index in [1.807, 2.05) is 6.08 Å². The van der Waals surface area contributed by atoms with Gasteiger partial charge in [-0.2, -0.15) is 0 Å². The molecule has 6 heteroatoms. The van der Waals surface area contributed by atoms with Gasteiger partial charge in [0, 0.05) is 18.8 Å². The first-order valence-corrected chi connectivity index (χ1v) is 8.96. The maximum Gasteiger partial charge on any atom is 0.236 e. The van der Waals surface area contributed by atoms with Gasteiger partial charge in [0.05, 0.1) is 19.8 Å². The summed E-state index contributed by atoms with van der Waals surface area (Å²) in [5, 5.41) is 0. The van der Waals surface area contributed by atoms with Crippen LogP contribution >= 0.6 is 0 Å². The fourth-order valence-electron chi connectivity index (χ4n) is 3.41. The van der Waals surface area contributed by atoms with Crippen molar-refractivity contribution in [1.82, 2.24) is 14.9 Å². The minimum absolute atomic E-state index is 0.122. The Kier molecular flexibility index (Phi) is 6.02. The largest absolute Gasteiger partial charge is 0.491 e. The molecular weight excluding hydrogens is 321 g/mol. The number of hydrogen-bond acceptors (Lipinski definition) is 5. The van der Waals surface area contributed by atoms with Crippen LogP contribution in [0.1, 0.15) is 44.3 Å². The first kappa shape index (κ1) is 17.9. The zero-order valence-electron chi connectivity index (χ0n) is 14.9. The predicted octanol–water partition coefficient (Wildman–Crippen LogP) is 3.81. The first-order valence-electron chi connectivity index (χ1n) is 8.96. The van der Waals surface area contributed by atoms with Crippen LogP contribution in [0.4, 0.5) is 4.39 Å². The molecular formula is C19H26FN3O2. The number of ether oxygens (including phenoxy) is 2. The molecule has 0 saturated carbocycles. The maximum atomic E-state index is 13.7. The molecule has 1 aliphatic heterocycles. The van der Waals surface area contributed by atoms with E-state index in [-0.39, 0.29) is 11.9 Å². The van der Waals surface area contributed by atoms with E-state index in [1.54, 1.807) is 25.6 Å². The summed E-state index contributed by atoms with van der Waals surface area (Å²) in [6.07, 6.45) is 10.4.